The predicted molar refractivity (Wildman–Crippen MR) is 301 cm³/mol. The van der Waals surface area contributed by atoms with Crippen molar-refractivity contribution in [2.75, 3.05) is 0 Å². The van der Waals surface area contributed by atoms with E-state index in [0.29, 0.717) is 11.8 Å². The van der Waals surface area contributed by atoms with Gasteiger partial charge in [0.1, 0.15) is 23.0 Å². The van der Waals surface area contributed by atoms with Gasteiger partial charge in [-0.1, -0.05) is 163 Å². The van der Waals surface area contributed by atoms with Crippen LogP contribution in [0, 0.1) is 0 Å². The molecule has 2 aliphatic carbocycles. The van der Waals surface area contributed by atoms with Gasteiger partial charge in [0.25, 0.3) is 13.4 Å². The Hall–Kier alpha value is -6.99. The largest absolute Gasteiger partial charge is 0.458 e. The molecule has 2 aromatic heterocycles. The van der Waals surface area contributed by atoms with Crippen LogP contribution in [0.3, 0.4) is 0 Å². The van der Waals surface area contributed by atoms with Gasteiger partial charge in [-0.3, -0.25) is 0 Å². The highest BCUT2D eigenvalue weighted by atomic mass is 32.2. The van der Waals surface area contributed by atoms with Crippen molar-refractivity contribution in [2.45, 2.75) is 82.8 Å². The molecule has 0 saturated heterocycles. The molecule has 0 radical (unpaired) electrons. The first kappa shape index (κ1) is 40.6. The Morgan fingerprint density at radius 3 is 1.15 bits per heavy atom. The zero-order valence-electron chi connectivity index (χ0n) is 39.7. The lowest BCUT2D eigenvalue weighted by Crippen LogP contribution is -2.62. The molecule has 4 nitrogen and oxygen atoms in total. The molecule has 72 heavy (non-hydrogen) atoms. The standard InChI is InChI=1S/C64H46B2N2O2S2/c1-2-14-37(13-1)39-25-27-47-59(29-39)71-61-33-41(67-51-21-9-5-17-43(51)44-18-6-10-22-52(44)67)31-57-63(61)65(47)49-35-50-56(36-55(49)69-57)70-58-32-42(68-53-23-11-7-19-45(53)46-20-8-12-24-54(46)68)34-62-64(58)66(50)48-28-26-40(30-60(48)72-62)38-15-3-4-16-38/h5-12,17-38H,1-4,13-16H2. The van der Waals surface area contributed by atoms with Crippen LogP contribution in [0.5, 0.6) is 23.0 Å². The molecule has 0 atom stereocenters. The molecule has 0 N–H and O–H groups in total. The molecular formula is C64H46B2N2O2S2. The fraction of sp³-hybridized carbons (Fsp3) is 0.156. The highest BCUT2D eigenvalue weighted by Gasteiger charge is 2.45. The highest BCUT2D eigenvalue weighted by Crippen LogP contribution is 2.46. The molecule has 6 aliphatic rings. The van der Waals surface area contributed by atoms with Crippen LogP contribution in [0.4, 0.5) is 0 Å². The summed E-state index contributed by atoms with van der Waals surface area (Å²) in [5.74, 6) is 4.85. The van der Waals surface area contributed by atoms with Gasteiger partial charge < -0.3 is 18.6 Å². The quantitative estimate of drug-likeness (QED) is 0.164. The average Bonchev–Trinajstić information content (AvgIpc) is 4.27. The molecule has 9 aromatic carbocycles. The molecule has 0 amide bonds. The molecule has 342 valence electrons. The van der Waals surface area contributed by atoms with Gasteiger partial charge in [0, 0.05) is 59.3 Å². The second-order valence-electron chi connectivity index (χ2n) is 21.2. The van der Waals surface area contributed by atoms with Crippen LogP contribution in [0.2, 0.25) is 0 Å². The lowest BCUT2D eigenvalue weighted by Gasteiger charge is -2.37. The molecule has 0 spiro atoms. The van der Waals surface area contributed by atoms with Crippen molar-refractivity contribution in [1.29, 1.82) is 0 Å². The zero-order valence-corrected chi connectivity index (χ0v) is 41.3. The topological polar surface area (TPSA) is 28.3 Å². The first-order chi connectivity index (χ1) is 35.7. The molecule has 6 heterocycles. The summed E-state index contributed by atoms with van der Waals surface area (Å²) >= 11 is 3.87. The number of fused-ring (bicyclic) bond motifs is 14. The average molecular weight is 961 g/mol. The normalized spacial score (nSPS) is 16.4. The molecular weight excluding hydrogens is 914 g/mol. The second-order valence-corrected chi connectivity index (χ2v) is 23.4. The van der Waals surface area contributed by atoms with E-state index in [4.69, 9.17) is 9.47 Å². The van der Waals surface area contributed by atoms with Gasteiger partial charge >= 0.3 is 0 Å². The van der Waals surface area contributed by atoms with Gasteiger partial charge in [-0.25, -0.2) is 0 Å². The molecule has 11 aromatic rings. The summed E-state index contributed by atoms with van der Waals surface area (Å²) in [4.78, 5) is 5.28. The maximum Gasteiger partial charge on any atom is 0.253 e. The Morgan fingerprint density at radius 1 is 0.361 bits per heavy atom. The van der Waals surface area contributed by atoms with E-state index in [1.54, 1.807) is 0 Å². The third kappa shape index (κ3) is 5.76. The van der Waals surface area contributed by atoms with E-state index in [2.05, 4.69) is 179 Å². The number of ether oxygens (including phenoxy) is 2. The van der Waals surface area contributed by atoms with Gasteiger partial charge in [0.05, 0.1) is 33.4 Å². The van der Waals surface area contributed by atoms with Crippen molar-refractivity contribution >= 4 is 113 Å². The van der Waals surface area contributed by atoms with E-state index in [9.17, 15) is 0 Å². The Kier molecular flexibility index (Phi) is 8.61. The first-order valence-electron chi connectivity index (χ1n) is 26.2. The van der Waals surface area contributed by atoms with Crippen molar-refractivity contribution in [3.8, 4) is 34.4 Å². The summed E-state index contributed by atoms with van der Waals surface area (Å²) in [6.07, 6.45) is 10.4. The monoisotopic (exact) mass is 960 g/mol. The molecule has 0 unspecified atom stereocenters. The Labute approximate surface area is 427 Å². The number of hydrogen-bond acceptors (Lipinski definition) is 4. The maximum absolute atomic E-state index is 7.37. The minimum Gasteiger partial charge on any atom is -0.458 e. The number of para-hydroxylation sites is 4. The summed E-state index contributed by atoms with van der Waals surface area (Å²) in [6.45, 7) is 0.0108. The van der Waals surface area contributed by atoms with E-state index in [1.165, 1.54) is 158 Å². The molecule has 2 saturated carbocycles. The third-order valence-corrected chi connectivity index (χ3v) is 19.7. The Morgan fingerprint density at radius 2 is 0.750 bits per heavy atom. The fourth-order valence-electron chi connectivity index (χ4n) is 14.2. The van der Waals surface area contributed by atoms with E-state index in [-0.39, 0.29) is 13.4 Å². The number of aromatic nitrogens is 2. The number of hydrogen-bond donors (Lipinski definition) is 0. The van der Waals surface area contributed by atoms with Crippen molar-refractivity contribution in [2.24, 2.45) is 0 Å². The van der Waals surface area contributed by atoms with Crippen LogP contribution in [-0.2, 0) is 0 Å². The van der Waals surface area contributed by atoms with Crippen LogP contribution >= 0.6 is 23.5 Å². The minimum atomic E-state index is 0.00542. The fourth-order valence-corrected chi connectivity index (χ4v) is 16.7. The first-order valence-corrected chi connectivity index (χ1v) is 27.8. The summed E-state index contributed by atoms with van der Waals surface area (Å²) in [6, 6.07) is 64.5. The number of benzene rings is 9. The van der Waals surface area contributed by atoms with Crippen LogP contribution in [-0.4, -0.2) is 22.6 Å². The summed E-state index contributed by atoms with van der Waals surface area (Å²) < 4.78 is 19.6. The van der Waals surface area contributed by atoms with Gasteiger partial charge in [-0.05, 0) is 119 Å². The van der Waals surface area contributed by atoms with Crippen molar-refractivity contribution in [1.82, 2.24) is 9.13 Å². The van der Waals surface area contributed by atoms with Crippen LogP contribution in [0.25, 0.3) is 55.0 Å². The SMILES string of the molecule is c1ccc2c(c1)c1ccccc1n2-c1cc2c3c(c1)Sc1cc(C4CCCC4)ccc1B3c1cc3c(cc1O2)Oc1cc(-n2c4ccccc4c4ccccc42)cc2c1B3c1ccc(C3CCCC3)cc1S2. The smallest absolute Gasteiger partial charge is 0.253 e. The molecule has 4 aliphatic heterocycles. The minimum absolute atomic E-state index is 0.00542. The van der Waals surface area contributed by atoms with Crippen LogP contribution in [0.1, 0.15) is 74.3 Å². The summed E-state index contributed by atoms with van der Waals surface area (Å²) in [5.41, 5.74) is 17.8. The second kappa shape index (κ2) is 15.3. The van der Waals surface area contributed by atoms with Crippen molar-refractivity contribution in [3.05, 3.63) is 181 Å². The zero-order chi connectivity index (χ0) is 46.8. The maximum atomic E-state index is 7.37. The molecule has 0 bridgehead atoms. The van der Waals surface area contributed by atoms with E-state index in [1.807, 2.05) is 23.5 Å². The van der Waals surface area contributed by atoms with E-state index < -0.39 is 0 Å². The van der Waals surface area contributed by atoms with Gasteiger partial charge in [0.2, 0.25) is 0 Å². The number of nitrogens with zero attached hydrogens (tertiary/aromatic N) is 2. The molecule has 17 rings (SSSR count). The Bertz CT molecular complexity index is 3810. The van der Waals surface area contributed by atoms with Crippen molar-refractivity contribution < 1.29 is 9.47 Å². The Balaban J connectivity index is 0.883. The van der Waals surface area contributed by atoms with Gasteiger partial charge in [-0.15, -0.1) is 0 Å². The van der Waals surface area contributed by atoms with Crippen molar-refractivity contribution in [3.63, 3.8) is 0 Å². The molecule has 8 heteroatoms. The van der Waals surface area contributed by atoms with E-state index in [0.717, 1.165) is 34.4 Å². The lowest BCUT2D eigenvalue weighted by molar-refractivity contribution is 0.464. The lowest BCUT2D eigenvalue weighted by atomic mass is 9.32. The summed E-state index contributed by atoms with van der Waals surface area (Å²) in [7, 11) is 0. The van der Waals surface area contributed by atoms with Gasteiger partial charge in [0.15, 0.2) is 0 Å². The predicted octanol–water partition coefficient (Wildman–Crippen LogP) is 13.4. The number of rotatable bonds is 4. The summed E-state index contributed by atoms with van der Waals surface area (Å²) in [5, 5.41) is 5.03. The van der Waals surface area contributed by atoms with Crippen LogP contribution in [0.15, 0.2) is 189 Å². The van der Waals surface area contributed by atoms with E-state index >= 15 is 0 Å². The highest BCUT2D eigenvalue weighted by molar-refractivity contribution is 8.00. The molecule has 2 fully saturated rings. The van der Waals surface area contributed by atoms with Gasteiger partial charge in [-0.2, -0.15) is 0 Å². The van der Waals surface area contributed by atoms with Crippen LogP contribution < -0.4 is 42.3 Å². The third-order valence-electron chi connectivity index (χ3n) is 17.4.